The molecule has 7 heteroatoms. The van der Waals surface area contributed by atoms with Crippen LogP contribution in [0.5, 0.6) is 5.75 Å². The molecule has 1 aromatic heterocycles. The lowest BCUT2D eigenvalue weighted by Crippen LogP contribution is -2.12. The number of hydrogen-bond acceptors (Lipinski definition) is 4. The molecule has 0 aliphatic rings. The molecule has 19 heavy (non-hydrogen) atoms. The third kappa shape index (κ3) is 3.49. The SMILES string of the molecule is CCOc1cccc(NS(=O)(=O)c2sccc2Br)c1. The standard InChI is InChI=1S/C12H12BrNO3S2/c1-2-17-10-5-3-4-9(8-10)14-19(15,16)12-11(13)6-7-18-12/h3-8,14H,2H2,1H3. The van der Waals surface area contributed by atoms with E-state index in [4.69, 9.17) is 4.74 Å². The summed E-state index contributed by atoms with van der Waals surface area (Å²) in [5.41, 5.74) is 0.478. The van der Waals surface area contributed by atoms with Gasteiger partial charge in [-0.15, -0.1) is 11.3 Å². The minimum Gasteiger partial charge on any atom is -0.494 e. The molecule has 0 radical (unpaired) electrons. The van der Waals surface area contributed by atoms with Crippen LogP contribution in [0.1, 0.15) is 6.92 Å². The van der Waals surface area contributed by atoms with Crippen molar-refractivity contribution >= 4 is 43.0 Å². The van der Waals surface area contributed by atoms with Crippen molar-refractivity contribution in [2.24, 2.45) is 0 Å². The second-order valence-corrected chi connectivity index (χ2v) is 7.27. The first-order valence-electron chi connectivity index (χ1n) is 5.51. The van der Waals surface area contributed by atoms with E-state index in [2.05, 4.69) is 20.7 Å². The van der Waals surface area contributed by atoms with Crippen molar-refractivity contribution in [1.29, 1.82) is 0 Å². The Hall–Kier alpha value is -1.05. The molecule has 4 nitrogen and oxygen atoms in total. The predicted octanol–water partition coefficient (Wildman–Crippen LogP) is 3.71. The van der Waals surface area contributed by atoms with Crippen LogP contribution in [0.4, 0.5) is 5.69 Å². The van der Waals surface area contributed by atoms with Gasteiger partial charge in [-0.2, -0.15) is 0 Å². The maximum atomic E-state index is 12.2. The van der Waals surface area contributed by atoms with Gasteiger partial charge in [0.1, 0.15) is 5.75 Å². The second-order valence-electron chi connectivity index (χ2n) is 3.62. The molecule has 1 heterocycles. The Balaban J connectivity index is 2.26. The van der Waals surface area contributed by atoms with Crippen molar-refractivity contribution in [2.75, 3.05) is 11.3 Å². The zero-order valence-electron chi connectivity index (χ0n) is 10.1. The van der Waals surface area contributed by atoms with Crippen LogP contribution in [0.3, 0.4) is 0 Å². The number of hydrogen-bond donors (Lipinski definition) is 1. The Labute approximate surface area is 124 Å². The van der Waals surface area contributed by atoms with E-state index in [1.54, 1.807) is 35.7 Å². The summed E-state index contributed by atoms with van der Waals surface area (Å²) in [4.78, 5) is 0. The van der Waals surface area contributed by atoms with E-state index in [1.807, 2.05) is 6.92 Å². The molecule has 0 bridgehead atoms. The van der Waals surface area contributed by atoms with Crippen molar-refractivity contribution in [3.05, 3.63) is 40.2 Å². The van der Waals surface area contributed by atoms with E-state index in [0.29, 0.717) is 22.5 Å². The monoisotopic (exact) mass is 361 g/mol. The summed E-state index contributed by atoms with van der Waals surface area (Å²) < 4.78 is 33.0. The number of ether oxygens (including phenoxy) is 1. The fourth-order valence-corrected chi connectivity index (χ4v) is 4.88. The minimum atomic E-state index is -3.57. The van der Waals surface area contributed by atoms with Gasteiger partial charge in [0.15, 0.2) is 4.21 Å². The first-order chi connectivity index (χ1) is 9.03. The van der Waals surface area contributed by atoms with Crippen LogP contribution in [-0.4, -0.2) is 15.0 Å². The molecule has 1 aromatic carbocycles. The largest absolute Gasteiger partial charge is 0.494 e. The maximum Gasteiger partial charge on any atom is 0.272 e. The Kier molecular flexibility index (Phi) is 4.49. The van der Waals surface area contributed by atoms with Crippen molar-refractivity contribution < 1.29 is 13.2 Å². The van der Waals surface area contributed by atoms with Crippen molar-refractivity contribution in [2.45, 2.75) is 11.1 Å². The molecule has 2 aromatic rings. The Morgan fingerprint density at radius 2 is 2.16 bits per heavy atom. The van der Waals surface area contributed by atoms with Gasteiger partial charge in [0.25, 0.3) is 10.0 Å². The Bertz CT molecular complexity index is 667. The molecule has 2 rings (SSSR count). The van der Waals surface area contributed by atoms with Gasteiger partial charge in [-0.1, -0.05) is 6.07 Å². The van der Waals surface area contributed by atoms with Crippen LogP contribution in [0, 0.1) is 0 Å². The van der Waals surface area contributed by atoms with E-state index >= 15 is 0 Å². The van der Waals surface area contributed by atoms with E-state index in [0.717, 1.165) is 11.3 Å². The van der Waals surface area contributed by atoms with Crippen LogP contribution in [-0.2, 0) is 10.0 Å². The molecule has 102 valence electrons. The average molecular weight is 362 g/mol. The summed E-state index contributed by atoms with van der Waals surface area (Å²) in [6.07, 6.45) is 0. The van der Waals surface area contributed by atoms with Gasteiger partial charge in [0.05, 0.1) is 12.3 Å². The molecule has 0 fully saturated rings. The lowest BCUT2D eigenvalue weighted by Gasteiger charge is -2.09. The van der Waals surface area contributed by atoms with Crippen molar-refractivity contribution in [3.8, 4) is 5.75 Å². The topological polar surface area (TPSA) is 55.4 Å². The normalized spacial score (nSPS) is 11.3. The highest BCUT2D eigenvalue weighted by atomic mass is 79.9. The zero-order valence-corrected chi connectivity index (χ0v) is 13.3. The smallest absolute Gasteiger partial charge is 0.272 e. The average Bonchev–Trinajstić information content (AvgIpc) is 2.76. The van der Waals surface area contributed by atoms with E-state index in [1.165, 1.54) is 0 Å². The molecular weight excluding hydrogens is 350 g/mol. The highest BCUT2D eigenvalue weighted by Gasteiger charge is 2.19. The summed E-state index contributed by atoms with van der Waals surface area (Å²) in [7, 11) is -3.57. The number of rotatable bonds is 5. The van der Waals surface area contributed by atoms with Gasteiger partial charge in [-0.05, 0) is 46.4 Å². The maximum absolute atomic E-state index is 12.2. The minimum absolute atomic E-state index is 0.259. The lowest BCUT2D eigenvalue weighted by atomic mass is 10.3. The van der Waals surface area contributed by atoms with Crippen LogP contribution in [0.15, 0.2) is 44.4 Å². The summed E-state index contributed by atoms with van der Waals surface area (Å²) in [6, 6.07) is 8.56. The van der Waals surface area contributed by atoms with Gasteiger partial charge in [-0.25, -0.2) is 8.42 Å². The second kappa shape index (κ2) is 5.94. The number of halogens is 1. The number of anilines is 1. The van der Waals surface area contributed by atoms with E-state index < -0.39 is 10.0 Å². The molecule has 0 atom stereocenters. The van der Waals surface area contributed by atoms with Crippen LogP contribution in [0.2, 0.25) is 0 Å². The van der Waals surface area contributed by atoms with Gasteiger partial charge in [0.2, 0.25) is 0 Å². The van der Waals surface area contributed by atoms with Gasteiger partial charge >= 0.3 is 0 Å². The van der Waals surface area contributed by atoms with Crippen molar-refractivity contribution in [3.63, 3.8) is 0 Å². The van der Waals surface area contributed by atoms with E-state index in [-0.39, 0.29) is 4.21 Å². The highest BCUT2D eigenvalue weighted by molar-refractivity contribution is 9.10. The molecule has 0 amide bonds. The number of sulfonamides is 1. The van der Waals surface area contributed by atoms with Gasteiger partial charge in [0, 0.05) is 10.5 Å². The summed E-state index contributed by atoms with van der Waals surface area (Å²) in [6.45, 7) is 2.41. The third-order valence-electron chi connectivity index (χ3n) is 2.23. The quantitative estimate of drug-likeness (QED) is 0.882. The van der Waals surface area contributed by atoms with Crippen LogP contribution in [0.25, 0.3) is 0 Å². The van der Waals surface area contributed by atoms with E-state index in [9.17, 15) is 8.42 Å². The van der Waals surface area contributed by atoms with Crippen LogP contribution < -0.4 is 9.46 Å². The molecule has 0 saturated carbocycles. The molecule has 0 aliphatic carbocycles. The number of nitrogens with one attached hydrogen (secondary N) is 1. The fraction of sp³-hybridized carbons (Fsp3) is 0.167. The highest BCUT2D eigenvalue weighted by Crippen LogP contribution is 2.29. The predicted molar refractivity (Wildman–Crippen MR) is 80.4 cm³/mol. The molecule has 0 saturated heterocycles. The van der Waals surface area contributed by atoms with Gasteiger partial charge < -0.3 is 4.74 Å². The molecule has 0 aliphatic heterocycles. The van der Waals surface area contributed by atoms with Crippen molar-refractivity contribution in [1.82, 2.24) is 0 Å². The fourth-order valence-electron chi connectivity index (χ4n) is 1.49. The first-order valence-corrected chi connectivity index (χ1v) is 8.67. The first kappa shape index (κ1) is 14.4. The molecule has 0 unspecified atom stereocenters. The third-order valence-corrected chi connectivity index (χ3v) is 6.28. The summed E-state index contributed by atoms with van der Waals surface area (Å²) in [5.74, 6) is 0.632. The zero-order chi connectivity index (χ0) is 13.9. The molecule has 1 N–H and O–H groups in total. The molecular formula is C12H12BrNO3S2. The summed E-state index contributed by atoms with van der Waals surface area (Å²) in [5, 5.41) is 1.72. The lowest BCUT2D eigenvalue weighted by molar-refractivity contribution is 0.340. The number of benzene rings is 1. The molecule has 0 spiro atoms. The summed E-state index contributed by atoms with van der Waals surface area (Å²) >= 11 is 4.38. The van der Waals surface area contributed by atoms with Gasteiger partial charge in [-0.3, -0.25) is 4.72 Å². The Morgan fingerprint density at radius 3 is 2.79 bits per heavy atom. The number of thiophene rings is 1. The van der Waals surface area contributed by atoms with Crippen LogP contribution >= 0.6 is 27.3 Å². The Morgan fingerprint density at radius 1 is 1.37 bits per heavy atom.